The van der Waals surface area contributed by atoms with Gasteiger partial charge in [0.15, 0.2) is 0 Å². The van der Waals surface area contributed by atoms with E-state index < -0.39 is 5.54 Å². The highest BCUT2D eigenvalue weighted by Crippen LogP contribution is 2.32. The van der Waals surface area contributed by atoms with Gasteiger partial charge in [0.05, 0.1) is 0 Å². The molecule has 0 atom stereocenters. The third-order valence-electron chi connectivity index (χ3n) is 3.35. The van der Waals surface area contributed by atoms with Crippen molar-refractivity contribution in [2.24, 2.45) is 0 Å². The molecule has 0 aliphatic heterocycles. The van der Waals surface area contributed by atoms with Crippen LogP contribution in [0.15, 0.2) is 30.3 Å². The van der Waals surface area contributed by atoms with Crippen molar-refractivity contribution in [3.05, 3.63) is 41.7 Å². The molecule has 0 aromatic heterocycles. The minimum absolute atomic E-state index is 0.140. The quantitative estimate of drug-likeness (QED) is 0.774. The van der Waals surface area contributed by atoms with Gasteiger partial charge in [0.1, 0.15) is 0 Å². The van der Waals surface area contributed by atoms with Crippen molar-refractivity contribution in [1.82, 2.24) is 0 Å². The van der Waals surface area contributed by atoms with Crippen LogP contribution in [-0.2, 0) is 4.79 Å². The van der Waals surface area contributed by atoms with Gasteiger partial charge in [0, 0.05) is 18.5 Å². The van der Waals surface area contributed by atoms with Crippen LogP contribution in [0.5, 0.6) is 0 Å². The molecule has 1 amide bonds. The number of hydrogen-bond acceptors (Lipinski definition) is 1. The van der Waals surface area contributed by atoms with Crippen LogP contribution < -0.4 is 5.32 Å². The lowest BCUT2D eigenvalue weighted by Crippen LogP contribution is -2.41. The Balaban J connectivity index is 2.11. The number of para-hydroxylation sites is 1. The number of amides is 1. The molecule has 0 spiro atoms. The lowest BCUT2D eigenvalue weighted by molar-refractivity contribution is -0.120. The van der Waals surface area contributed by atoms with Crippen molar-refractivity contribution in [3.8, 4) is 0 Å². The zero-order chi connectivity index (χ0) is 12.1. The third kappa shape index (κ3) is 2.47. The summed E-state index contributed by atoms with van der Waals surface area (Å²) < 4.78 is 0. The van der Waals surface area contributed by atoms with Crippen LogP contribution >= 0.6 is 0 Å². The molecule has 3 nitrogen and oxygen atoms in total. The molecule has 0 saturated heterocycles. The first-order valence-electron chi connectivity index (χ1n) is 6.02. The normalized spacial score (nSPS) is 18.1. The van der Waals surface area contributed by atoms with Gasteiger partial charge in [-0.3, -0.25) is 9.64 Å². The Labute approximate surface area is 102 Å². The monoisotopic (exact) mass is 228 g/mol. The van der Waals surface area contributed by atoms with E-state index in [-0.39, 0.29) is 5.91 Å². The Morgan fingerprint density at radius 3 is 2.41 bits per heavy atom. The molecule has 1 N–H and O–H groups in total. The number of benzene rings is 1. The van der Waals surface area contributed by atoms with Crippen LogP contribution in [-0.4, -0.2) is 11.4 Å². The van der Waals surface area contributed by atoms with E-state index in [0.717, 1.165) is 24.9 Å². The van der Waals surface area contributed by atoms with Gasteiger partial charge in [-0.2, -0.15) is 0 Å². The van der Waals surface area contributed by atoms with Gasteiger partial charge in [-0.1, -0.05) is 24.6 Å². The molecular weight excluding hydrogens is 212 g/mol. The fourth-order valence-electron chi connectivity index (χ4n) is 2.30. The smallest absolute Gasteiger partial charge is 0.310 e. The summed E-state index contributed by atoms with van der Waals surface area (Å²) in [6.45, 7) is 7.31. The number of nitrogens with one attached hydrogen (secondary N) is 1. The largest absolute Gasteiger partial charge is 0.319 e. The molecule has 0 radical (unpaired) electrons. The van der Waals surface area contributed by atoms with Gasteiger partial charge < -0.3 is 5.32 Å². The van der Waals surface area contributed by atoms with Crippen LogP contribution in [0.3, 0.4) is 0 Å². The highest BCUT2D eigenvalue weighted by atomic mass is 16.2. The molecule has 0 heterocycles. The summed E-state index contributed by atoms with van der Waals surface area (Å²) in [6, 6.07) is 9.35. The Kier molecular flexibility index (Phi) is 3.43. The standard InChI is InChI=1S/C14H16N2O/c1-15-14(10-6-3-7-11-14)13(17)16-12-8-4-2-5-9-12/h2,4-5,8-9H,3,6-7,10-11H2,(H,16,17). The fraction of sp³-hybridized carbons (Fsp3) is 0.429. The predicted octanol–water partition coefficient (Wildman–Crippen LogP) is 3.25. The minimum atomic E-state index is -0.825. The van der Waals surface area contributed by atoms with Gasteiger partial charge in [-0.05, 0) is 25.0 Å². The molecule has 1 aromatic rings. The van der Waals surface area contributed by atoms with Crippen molar-refractivity contribution in [2.75, 3.05) is 5.32 Å². The molecule has 1 aliphatic carbocycles. The third-order valence-corrected chi connectivity index (χ3v) is 3.35. The van der Waals surface area contributed by atoms with Crippen LogP contribution in [0.25, 0.3) is 4.85 Å². The number of carbonyl (C=O) groups is 1. The van der Waals surface area contributed by atoms with Crippen LogP contribution in [0, 0.1) is 6.57 Å². The molecule has 1 aliphatic rings. The van der Waals surface area contributed by atoms with Gasteiger partial charge in [-0.15, -0.1) is 0 Å². The molecule has 2 rings (SSSR count). The first-order valence-corrected chi connectivity index (χ1v) is 6.02. The summed E-state index contributed by atoms with van der Waals surface area (Å²) in [5.74, 6) is -0.140. The lowest BCUT2D eigenvalue weighted by Gasteiger charge is -2.24. The van der Waals surface area contributed by atoms with E-state index in [1.54, 1.807) is 0 Å². The molecular formula is C14H16N2O. The number of anilines is 1. The van der Waals surface area contributed by atoms with Crippen LogP contribution in [0.4, 0.5) is 5.69 Å². The van der Waals surface area contributed by atoms with Gasteiger partial charge >= 0.3 is 11.4 Å². The summed E-state index contributed by atoms with van der Waals surface area (Å²) in [6.07, 6.45) is 4.47. The second-order valence-corrected chi connectivity index (χ2v) is 4.52. The molecule has 17 heavy (non-hydrogen) atoms. The summed E-state index contributed by atoms with van der Waals surface area (Å²) in [7, 11) is 0. The van der Waals surface area contributed by atoms with E-state index >= 15 is 0 Å². The summed E-state index contributed by atoms with van der Waals surface area (Å²) in [5.41, 5.74) is -0.0558. The van der Waals surface area contributed by atoms with Gasteiger partial charge in [0.2, 0.25) is 0 Å². The molecule has 1 fully saturated rings. The predicted molar refractivity (Wildman–Crippen MR) is 67.5 cm³/mol. The zero-order valence-electron chi connectivity index (χ0n) is 9.78. The van der Waals surface area contributed by atoms with E-state index in [4.69, 9.17) is 6.57 Å². The molecule has 3 heteroatoms. The number of carbonyl (C=O) groups excluding carboxylic acids is 1. The lowest BCUT2D eigenvalue weighted by atomic mass is 9.81. The van der Waals surface area contributed by atoms with Crippen molar-refractivity contribution < 1.29 is 4.79 Å². The number of nitrogens with zero attached hydrogens (tertiary/aromatic N) is 1. The average molecular weight is 228 g/mol. The summed E-state index contributed by atoms with van der Waals surface area (Å²) in [4.78, 5) is 15.8. The SMILES string of the molecule is [C-]#[N+]C1(C(=O)Nc2ccccc2)CCCCC1. The highest BCUT2D eigenvalue weighted by Gasteiger charge is 2.46. The van der Waals surface area contributed by atoms with Crippen molar-refractivity contribution >= 4 is 11.6 Å². The first kappa shape index (κ1) is 11.7. The topological polar surface area (TPSA) is 33.5 Å². The van der Waals surface area contributed by atoms with E-state index in [9.17, 15) is 4.79 Å². The van der Waals surface area contributed by atoms with E-state index in [1.807, 2.05) is 30.3 Å². The highest BCUT2D eigenvalue weighted by molar-refractivity contribution is 5.99. The number of rotatable bonds is 2. The maximum Gasteiger partial charge on any atom is 0.310 e. The van der Waals surface area contributed by atoms with Gasteiger partial charge in [-0.25, -0.2) is 6.57 Å². The zero-order valence-corrected chi connectivity index (χ0v) is 9.78. The maximum absolute atomic E-state index is 12.2. The summed E-state index contributed by atoms with van der Waals surface area (Å²) >= 11 is 0. The molecule has 1 aromatic carbocycles. The second-order valence-electron chi connectivity index (χ2n) is 4.52. The average Bonchev–Trinajstić information content (AvgIpc) is 2.40. The summed E-state index contributed by atoms with van der Waals surface area (Å²) in [5, 5.41) is 2.85. The van der Waals surface area contributed by atoms with Crippen molar-refractivity contribution in [2.45, 2.75) is 37.6 Å². The molecule has 88 valence electrons. The van der Waals surface area contributed by atoms with Gasteiger partial charge in [0.25, 0.3) is 0 Å². The first-order chi connectivity index (χ1) is 8.27. The van der Waals surface area contributed by atoms with E-state index in [2.05, 4.69) is 10.2 Å². The second kappa shape index (κ2) is 5.01. The number of hydrogen-bond donors (Lipinski definition) is 1. The Hall–Kier alpha value is -1.82. The maximum atomic E-state index is 12.2. The fourth-order valence-corrected chi connectivity index (χ4v) is 2.30. The minimum Gasteiger partial charge on any atom is -0.319 e. The van der Waals surface area contributed by atoms with E-state index in [0.29, 0.717) is 12.8 Å². The van der Waals surface area contributed by atoms with Crippen molar-refractivity contribution in [1.29, 1.82) is 0 Å². The van der Waals surface area contributed by atoms with Crippen molar-refractivity contribution in [3.63, 3.8) is 0 Å². The van der Waals surface area contributed by atoms with Crippen LogP contribution in [0.1, 0.15) is 32.1 Å². The Morgan fingerprint density at radius 2 is 1.82 bits per heavy atom. The molecule has 0 unspecified atom stereocenters. The van der Waals surface area contributed by atoms with Crippen LogP contribution in [0.2, 0.25) is 0 Å². The molecule has 1 saturated carbocycles. The Bertz CT molecular complexity index is 427. The Morgan fingerprint density at radius 1 is 1.18 bits per heavy atom. The molecule has 0 bridgehead atoms. The van der Waals surface area contributed by atoms with E-state index in [1.165, 1.54) is 0 Å².